The molecule has 150 valence electrons. The molecule has 5 rings (SSSR count). The van der Waals surface area contributed by atoms with Gasteiger partial charge in [0.1, 0.15) is 6.04 Å². The van der Waals surface area contributed by atoms with Crippen molar-refractivity contribution in [2.24, 2.45) is 4.99 Å². The first-order chi connectivity index (χ1) is 14.6. The minimum Gasteiger partial charge on any atom is -0.466 e. The van der Waals surface area contributed by atoms with Crippen LogP contribution >= 0.6 is 22.7 Å². The number of nitrogens with zero attached hydrogens (tertiary/aromatic N) is 2. The van der Waals surface area contributed by atoms with Crippen LogP contribution in [0.1, 0.15) is 23.4 Å². The number of aromatic nitrogens is 2. The third-order valence-electron chi connectivity index (χ3n) is 5.15. The number of allylic oxidation sites excluding steroid dienone is 1. The van der Waals surface area contributed by atoms with Crippen LogP contribution in [0.2, 0.25) is 0 Å². The number of esters is 1. The molecule has 1 aliphatic heterocycles. The lowest BCUT2D eigenvalue weighted by Crippen LogP contribution is -2.39. The van der Waals surface area contributed by atoms with Crippen LogP contribution in [0.3, 0.4) is 0 Å². The van der Waals surface area contributed by atoms with Crippen LogP contribution in [0.15, 0.2) is 69.0 Å². The van der Waals surface area contributed by atoms with Gasteiger partial charge in [-0.25, -0.2) is 9.79 Å². The van der Waals surface area contributed by atoms with Crippen LogP contribution in [0.4, 0.5) is 0 Å². The summed E-state index contributed by atoms with van der Waals surface area (Å²) in [6.45, 7) is 1.78. The molecule has 0 amide bonds. The number of ether oxygens (including phenoxy) is 1. The van der Waals surface area contributed by atoms with Crippen LogP contribution in [0.5, 0.6) is 0 Å². The number of methoxy groups -OCH3 is 1. The highest BCUT2D eigenvalue weighted by atomic mass is 32.1. The van der Waals surface area contributed by atoms with Crippen molar-refractivity contribution in [2.75, 3.05) is 7.11 Å². The number of nitrogens with one attached hydrogen (secondary N) is 1. The van der Waals surface area contributed by atoms with E-state index in [9.17, 15) is 9.59 Å². The van der Waals surface area contributed by atoms with Gasteiger partial charge in [-0.2, -0.15) is 0 Å². The van der Waals surface area contributed by atoms with E-state index in [4.69, 9.17) is 4.74 Å². The standard InChI is InChI=1S/C22H17N3O3S2/c1-12-18(21(27)28-2)19(16-8-5-9-29-16)25-20(26)17(30-22(25)24-12)10-13-11-23-15-7-4-3-6-14(13)15/h3-11,19,23H,1-2H3/b17-10-/t19-/m0/s1. The van der Waals surface area contributed by atoms with E-state index >= 15 is 0 Å². The first-order valence-electron chi connectivity index (χ1n) is 9.29. The summed E-state index contributed by atoms with van der Waals surface area (Å²) in [7, 11) is 1.34. The number of benzene rings is 1. The number of hydrogen-bond donors (Lipinski definition) is 1. The monoisotopic (exact) mass is 435 g/mol. The van der Waals surface area contributed by atoms with Gasteiger partial charge in [0.2, 0.25) is 0 Å². The predicted molar refractivity (Wildman–Crippen MR) is 118 cm³/mol. The van der Waals surface area contributed by atoms with Gasteiger partial charge in [0.05, 0.1) is 22.9 Å². The van der Waals surface area contributed by atoms with Crippen molar-refractivity contribution in [3.63, 3.8) is 0 Å². The highest BCUT2D eigenvalue weighted by molar-refractivity contribution is 7.10. The molecule has 8 heteroatoms. The smallest absolute Gasteiger partial charge is 0.338 e. The minimum atomic E-state index is -0.543. The summed E-state index contributed by atoms with van der Waals surface area (Å²) in [6, 6.07) is 11.2. The second kappa shape index (κ2) is 7.23. The van der Waals surface area contributed by atoms with E-state index in [-0.39, 0.29) is 5.56 Å². The summed E-state index contributed by atoms with van der Waals surface area (Å²) in [4.78, 5) is 35.3. The predicted octanol–water partition coefficient (Wildman–Crippen LogP) is 2.95. The van der Waals surface area contributed by atoms with Crippen molar-refractivity contribution >= 4 is 45.6 Å². The molecule has 0 bridgehead atoms. The minimum absolute atomic E-state index is 0.170. The average molecular weight is 436 g/mol. The maximum absolute atomic E-state index is 13.4. The summed E-state index contributed by atoms with van der Waals surface area (Å²) in [6.07, 6.45) is 3.77. The fourth-order valence-electron chi connectivity index (χ4n) is 3.76. The average Bonchev–Trinajstić information content (AvgIpc) is 3.48. The molecule has 4 heterocycles. The Balaban J connectivity index is 1.76. The van der Waals surface area contributed by atoms with Crippen molar-refractivity contribution in [1.29, 1.82) is 0 Å². The SMILES string of the molecule is COC(=O)C1=C(C)N=c2s/c(=C\c3c[nH]c4ccccc34)c(=O)n2[C@H]1c1cccs1. The van der Waals surface area contributed by atoms with Gasteiger partial charge in [-0.1, -0.05) is 35.6 Å². The number of para-hydroxylation sites is 1. The molecule has 0 spiro atoms. The van der Waals surface area contributed by atoms with Gasteiger partial charge in [0.25, 0.3) is 5.56 Å². The maximum atomic E-state index is 13.4. The zero-order chi connectivity index (χ0) is 20.8. The molecule has 4 aromatic rings. The lowest BCUT2D eigenvalue weighted by atomic mass is 10.0. The van der Waals surface area contributed by atoms with E-state index in [1.54, 1.807) is 11.5 Å². The lowest BCUT2D eigenvalue weighted by Gasteiger charge is -2.22. The Labute approximate surface area is 179 Å². The fraction of sp³-hybridized carbons (Fsp3) is 0.136. The Hall–Kier alpha value is -3.23. The van der Waals surface area contributed by atoms with Gasteiger partial charge in [-0.3, -0.25) is 9.36 Å². The van der Waals surface area contributed by atoms with Gasteiger partial charge >= 0.3 is 5.97 Å². The number of fused-ring (bicyclic) bond motifs is 2. The number of carbonyl (C=O) groups is 1. The highest BCUT2D eigenvalue weighted by Crippen LogP contribution is 2.33. The van der Waals surface area contributed by atoms with Crippen LogP contribution in [-0.4, -0.2) is 22.6 Å². The molecule has 1 aromatic carbocycles. The summed E-state index contributed by atoms with van der Waals surface area (Å²) < 4.78 is 7.18. The van der Waals surface area contributed by atoms with E-state index in [0.717, 1.165) is 21.3 Å². The Bertz CT molecular complexity index is 1490. The number of thiophene rings is 1. The fourth-order valence-corrected chi connectivity index (χ4v) is 5.62. The summed E-state index contributed by atoms with van der Waals surface area (Å²) in [5, 5.41) is 2.98. The maximum Gasteiger partial charge on any atom is 0.338 e. The van der Waals surface area contributed by atoms with E-state index in [1.165, 1.54) is 29.8 Å². The Morgan fingerprint density at radius 3 is 2.87 bits per heavy atom. The number of aromatic amines is 1. The van der Waals surface area contributed by atoms with Crippen molar-refractivity contribution in [3.8, 4) is 0 Å². The van der Waals surface area contributed by atoms with E-state index in [0.29, 0.717) is 20.6 Å². The Morgan fingerprint density at radius 1 is 1.27 bits per heavy atom. The Kier molecular flexibility index (Phi) is 4.52. The van der Waals surface area contributed by atoms with Crippen LogP contribution in [-0.2, 0) is 9.53 Å². The summed E-state index contributed by atoms with van der Waals surface area (Å²) >= 11 is 2.83. The third kappa shape index (κ3) is 2.88. The zero-order valence-electron chi connectivity index (χ0n) is 16.2. The van der Waals surface area contributed by atoms with Crippen molar-refractivity contribution in [3.05, 3.63) is 89.4 Å². The first kappa shape index (κ1) is 18.8. The molecule has 6 nitrogen and oxygen atoms in total. The van der Waals surface area contributed by atoms with Gasteiger partial charge in [0, 0.05) is 27.5 Å². The molecule has 0 fully saturated rings. The molecule has 1 N–H and O–H groups in total. The molecule has 0 radical (unpaired) electrons. The second-order valence-electron chi connectivity index (χ2n) is 6.88. The molecule has 0 saturated carbocycles. The summed E-state index contributed by atoms with van der Waals surface area (Å²) in [5.74, 6) is -0.472. The van der Waals surface area contributed by atoms with Crippen LogP contribution in [0, 0.1) is 0 Å². The molecule has 1 aliphatic rings. The van der Waals surface area contributed by atoms with E-state index in [2.05, 4.69) is 9.98 Å². The van der Waals surface area contributed by atoms with Crippen molar-refractivity contribution in [1.82, 2.24) is 9.55 Å². The molecular weight excluding hydrogens is 418 g/mol. The topological polar surface area (TPSA) is 76.4 Å². The van der Waals surface area contributed by atoms with Crippen molar-refractivity contribution in [2.45, 2.75) is 13.0 Å². The van der Waals surface area contributed by atoms with E-state index < -0.39 is 12.0 Å². The quantitative estimate of drug-likeness (QED) is 0.503. The van der Waals surface area contributed by atoms with Gasteiger partial charge in [-0.15, -0.1) is 11.3 Å². The van der Waals surface area contributed by atoms with Crippen molar-refractivity contribution < 1.29 is 9.53 Å². The number of thiazole rings is 1. The van der Waals surface area contributed by atoms with Gasteiger partial charge in [0.15, 0.2) is 4.80 Å². The molecule has 3 aromatic heterocycles. The zero-order valence-corrected chi connectivity index (χ0v) is 17.8. The molecule has 0 unspecified atom stereocenters. The number of H-pyrrole nitrogens is 1. The van der Waals surface area contributed by atoms with E-state index in [1.807, 2.05) is 54.1 Å². The molecule has 0 aliphatic carbocycles. The largest absolute Gasteiger partial charge is 0.466 e. The molecular formula is C22H17N3O3S2. The second-order valence-corrected chi connectivity index (χ2v) is 8.87. The van der Waals surface area contributed by atoms with Crippen LogP contribution in [0.25, 0.3) is 17.0 Å². The van der Waals surface area contributed by atoms with Crippen LogP contribution < -0.4 is 14.9 Å². The molecule has 30 heavy (non-hydrogen) atoms. The lowest BCUT2D eigenvalue weighted by molar-refractivity contribution is -0.136. The number of carbonyl (C=O) groups excluding carboxylic acids is 1. The number of rotatable bonds is 3. The first-order valence-corrected chi connectivity index (χ1v) is 11.0. The third-order valence-corrected chi connectivity index (χ3v) is 7.06. The van der Waals surface area contributed by atoms with Gasteiger partial charge in [-0.05, 0) is 30.5 Å². The number of hydrogen-bond acceptors (Lipinski definition) is 6. The normalized spacial score (nSPS) is 16.6. The molecule has 1 atom stereocenters. The van der Waals surface area contributed by atoms with Gasteiger partial charge < -0.3 is 9.72 Å². The highest BCUT2D eigenvalue weighted by Gasteiger charge is 2.33. The Morgan fingerprint density at radius 2 is 2.10 bits per heavy atom. The molecule has 0 saturated heterocycles. The summed E-state index contributed by atoms with van der Waals surface area (Å²) in [5.41, 5.74) is 2.74.